The number of fused-ring (bicyclic) bond motifs is 1. The highest BCUT2D eigenvalue weighted by Gasteiger charge is 2.31. The second-order valence-corrected chi connectivity index (χ2v) is 10.8. The van der Waals surface area contributed by atoms with Crippen LogP contribution in [-0.2, 0) is 15.9 Å². The smallest absolute Gasteiger partial charge is 0.338 e. The maximum absolute atomic E-state index is 13.2. The van der Waals surface area contributed by atoms with Gasteiger partial charge in [-0.15, -0.1) is 0 Å². The second kappa shape index (κ2) is 7.77. The van der Waals surface area contributed by atoms with Crippen LogP contribution < -0.4 is 4.90 Å². The normalized spacial score (nSPS) is 20.3. The number of alkyl halides is 3. The Labute approximate surface area is 178 Å². The summed E-state index contributed by atoms with van der Waals surface area (Å²) >= 11 is 0. The molecule has 1 aliphatic heterocycles. The molecule has 0 amide bonds. The van der Waals surface area contributed by atoms with Crippen LogP contribution in [0.25, 0.3) is 17.0 Å². The summed E-state index contributed by atoms with van der Waals surface area (Å²) < 4.78 is 57.4. The lowest BCUT2D eigenvalue weighted by atomic mass is 9.97. The zero-order chi connectivity index (χ0) is 22.4. The van der Waals surface area contributed by atoms with Crippen LogP contribution >= 0.6 is 0 Å². The van der Waals surface area contributed by atoms with Crippen LogP contribution in [0.5, 0.6) is 0 Å². The predicted molar refractivity (Wildman–Crippen MR) is 113 cm³/mol. The fourth-order valence-electron chi connectivity index (χ4n) is 3.90. The van der Waals surface area contributed by atoms with E-state index in [-0.39, 0.29) is 6.04 Å². The van der Waals surface area contributed by atoms with Crippen molar-refractivity contribution in [2.45, 2.75) is 25.6 Å². The van der Waals surface area contributed by atoms with E-state index in [1.807, 2.05) is 4.90 Å². The van der Waals surface area contributed by atoms with Crippen LogP contribution in [0, 0.1) is 5.92 Å². The van der Waals surface area contributed by atoms with E-state index in [1.54, 1.807) is 24.8 Å². The van der Waals surface area contributed by atoms with Crippen molar-refractivity contribution in [3.63, 3.8) is 0 Å². The lowest BCUT2D eigenvalue weighted by Crippen LogP contribution is -2.42. The minimum atomic E-state index is -4.45. The van der Waals surface area contributed by atoms with E-state index in [9.17, 15) is 17.4 Å². The van der Waals surface area contributed by atoms with E-state index in [0.717, 1.165) is 25.2 Å². The zero-order valence-electron chi connectivity index (χ0n) is 17.4. The molecule has 1 saturated heterocycles. The van der Waals surface area contributed by atoms with E-state index in [0.29, 0.717) is 35.4 Å². The molecule has 0 radical (unpaired) electrons. The molecule has 0 spiro atoms. The molecule has 31 heavy (non-hydrogen) atoms. The van der Waals surface area contributed by atoms with E-state index in [1.165, 1.54) is 16.7 Å². The van der Waals surface area contributed by atoms with Gasteiger partial charge in [0, 0.05) is 47.7 Å². The summed E-state index contributed by atoms with van der Waals surface area (Å²) in [4.78, 5) is 15.2. The number of hydrogen-bond donors (Lipinski definition) is 0. The fourth-order valence-corrected chi connectivity index (χ4v) is 4.77. The van der Waals surface area contributed by atoms with E-state index < -0.39 is 21.5 Å². The molecular weight excluding hydrogens is 429 g/mol. The summed E-state index contributed by atoms with van der Waals surface area (Å²) in [5, 5.41) is 0. The van der Waals surface area contributed by atoms with Gasteiger partial charge in [-0.05, 0) is 30.5 Å². The molecule has 3 aromatic heterocycles. The molecule has 166 valence electrons. The van der Waals surface area contributed by atoms with Gasteiger partial charge in [0.25, 0.3) is 0 Å². The van der Waals surface area contributed by atoms with Crippen molar-refractivity contribution in [2.75, 3.05) is 30.5 Å². The average Bonchev–Trinajstić information content (AvgIpc) is 3.09. The fraction of sp³-hybridized carbons (Fsp3) is 0.450. The lowest BCUT2D eigenvalue weighted by molar-refractivity contribution is -0.137. The number of piperidine rings is 1. The first-order valence-corrected chi connectivity index (χ1v) is 12.1. The first kappa shape index (κ1) is 21.5. The molecule has 0 saturated carbocycles. The molecule has 0 aliphatic carbocycles. The van der Waals surface area contributed by atoms with Crippen LogP contribution in [0.15, 0.2) is 41.2 Å². The molecule has 0 aromatic carbocycles. The molecule has 7 nitrogen and oxygen atoms in total. The summed E-state index contributed by atoms with van der Waals surface area (Å²) in [6.07, 6.45) is 3.73. The Bertz CT molecular complexity index is 1220. The number of imidazole rings is 1. The molecule has 0 unspecified atom stereocenters. The van der Waals surface area contributed by atoms with Gasteiger partial charge in [-0.25, -0.2) is 19.3 Å². The molecule has 0 bridgehead atoms. The average molecular weight is 453 g/mol. The molecule has 0 N–H and O–H groups in total. The maximum atomic E-state index is 13.2. The second-order valence-electron chi connectivity index (χ2n) is 8.22. The van der Waals surface area contributed by atoms with Gasteiger partial charge in [0.05, 0.1) is 29.2 Å². The van der Waals surface area contributed by atoms with Gasteiger partial charge in [-0.3, -0.25) is 8.61 Å². The lowest BCUT2D eigenvalue weighted by Gasteiger charge is -2.34. The van der Waals surface area contributed by atoms with Crippen molar-refractivity contribution in [1.29, 1.82) is 0 Å². The van der Waals surface area contributed by atoms with Crippen molar-refractivity contribution in [2.24, 2.45) is 10.3 Å². The molecule has 1 fully saturated rings. The monoisotopic (exact) mass is 452 g/mol. The summed E-state index contributed by atoms with van der Waals surface area (Å²) in [5.41, 5.74) is 0.555. The maximum Gasteiger partial charge on any atom is 0.417 e. The van der Waals surface area contributed by atoms with Gasteiger partial charge in [-0.1, -0.05) is 6.92 Å². The number of rotatable bonds is 3. The molecule has 2 atom stereocenters. The number of nitrogens with zero attached hydrogens (tertiary/aromatic N) is 6. The first-order chi connectivity index (χ1) is 14.5. The van der Waals surface area contributed by atoms with Gasteiger partial charge in [-0.2, -0.15) is 13.2 Å². The minimum absolute atomic E-state index is 0.0938. The number of halogens is 3. The Balaban J connectivity index is 1.70. The van der Waals surface area contributed by atoms with Crippen molar-refractivity contribution >= 4 is 21.3 Å². The van der Waals surface area contributed by atoms with Gasteiger partial charge in [0.1, 0.15) is 5.65 Å². The third kappa shape index (κ3) is 4.81. The number of anilines is 1. The zero-order valence-corrected chi connectivity index (χ0v) is 18.2. The van der Waals surface area contributed by atoms with Crippen LogP contribution in [0.2, 0.25) is 0 Å². The summed E-state index contributed by atoms with van der Waals surface area (Å²) in [6.45, 7) is 3.35. The molecular formula is C20H23F3N6OS. The van der Waals surface area contributed by atoms with Crippen molar-refractivity contribution < 1.29 is 17.4 Å². The minimum Gasteiger partial charge on any atom is -0.338 e. The van der Waals surface area contributed by atoms with Gasteiger partial charge < -0.3 is 4.90 Å². The van der Waals surface area contributed by atoms with E-state index in [2.05, 4.69) is 26.2 Å². The summed E-state index contributed by atoms with van der Waals surface area (Å²) in [5.74, 6) is 0.770. The number of aromatic nitrogens is 4. The first-order valence-electron chi connectivity index (χ1n) is 9.78. The van der Waals surface area contributed by atoms with Crippen LogP contribution in [0.4, 0.5) is 19.1 Å². The quantitative estimate of drug-likeness (QED) is 0.605. The van der Waals surface area contributed by atoms with Gasteiger partial charge in [0.15, 0.2) is 0 Å². The van der Waals surface area contributed by atoms with Crippen molar-refractivity contribution in [3.8, 4) is 11.4 Å². The topological polar surface area (TPSA) is 75.8 Å². The Morgan fingerprint density at radius 1 is 1.16 bits per heavy atom. The third-order valence-corrected chi connectivity index (χ3v) is 5.87. The predicted octanol–water partition coefficient (Wildman–Crippen LogP) is 3.75. The molecule has 3 aromatic rings. The van der Waals surface area contributed by atoms with E-state index >= 15 is 0 Å². The van der Waals surface area contributed by atoms with Crippen LogP contribution in [0.3, 0.4) is 0 Å². The number of pyridine rings is 1. The Hall–Kier alpha value is -2.69. The van der Waals surface area contributed by atoms with Gasteiger partial charge >= 0.3 is 6.18 Å². The number of hydrogen-bond acceptors (Lipinski definition) is 6. The summed E-state index contributed by atoms with van der Waals surface area (Å²) in [6, 6.07) is 3.90. The van der Waals surface area contributed by atoms with Gasteiger partial charge in [0.2, 0.25) is 5.95 Å². The highest BCUT2D eigenvalue weighted by molar-refractivity contribution is 7.92. The molecule has 4 rings (SSSR count). The SMILES string of the molecule is C[C@@H]1C[C@H](N=S(C)(C)=O)CN(c2nccc(-c3cnc4ccc(C(F)(F)F)cn34)n2)C1. The Morgan fingerprint density at radius 2 is 1.94 bits per heavy atom. The highest BCUT2D eigenvalue weighted by atomic mass is 32.2. The van der Waals surface area contributed by atoms with Crippen LogP contribution in [-0.4, -0.2) is 55.2 Å². The van der Waals surface area contributed by atoms with Crippen molar-refractivity contribution in [3.05, 3.63) is 42.4 Å². The Kier molecular flexibility index (Phi) is 5.40. The van der Waals surface area contributed by atoms with Crippen molar-refractivity contribution in [1.82, 2.24) is 19.4 Å². The van der Waals surface area contributed by atoms with E-state index in [4.69, 9.17) is 0 Å². The summed E-state index contributed by atoms with van der Waals surface area (Å²) in [7, 11) is -2.23. The highest BCUT2D eigenvalue weighted by Crippen LogP contribution is 2.31. The van der Waals surface area contributed by atoms with Crippen LogP contribution in [0.1, 0.15) is 18.9 Å². The largest absolute Gasteiger partial charge is 0.417 e. The molecule has 4 heterocycles. The standard InChI is InChI=1S/C20H23F3N6OS/c1-13-8-15(27-31(2,3)30)12-28(10-13)19-24-7-6-16(26-19)17-9-25-18-5-4-14(11-29(17)18)20(21,22)23/h4-7,9,11,13,15H,8,10,12H2,1-3H3/t13-,15+/m1/s1. The molecule has 11 heteroatoms. The third-order valence-electron chi connectivity index (χ3n) is 5.06. The Morgan fingerprint density at radius 3 is 2.65 bits per heavy atom. The molecule has 1 aliphatic rings.